The topological polar surface area (TPSA) is 97.7 Å². The largest absolute Gasteiger partial charge is 0.496 e. The lowest BCUT2D eigenvalue weighted by molar-refractivity contribution is 0.0621. The molecule has 0 bridgehead atoms. The number of nitrogens with two attached hydrogens (primary N) is 1. The SMILES string of the molecule is CCc1nc(CN2CCN(C(=O)c3cc(Cl)c(N)cc3OC)CC2)no1. The number of piperazine rings is 1. The molecule has 1 aromatic carbocycles. The number of nitrogens with zero attached hydrogens (tertiary/aromatic N) is 4. The van der Waals surface area contributed by atoms with E-state index in [2.05, 4.69) is 15.0 Å². The van der Waals surface area contributed by atoms with Crippen molar-refractivity contribution < 1.29 is 14.1 Å². The predicted octanol–water partition coefficient (Wildman–Crippen LogP) is 1.83. The number of hydrogen-bond acceptors (Lipinski definition) is 7. The normalized spacial score (nSPS) is 15.3. The Morgan fingerprint density at radius 3 is 2.69 bits per heavy atom. The number of carbonyl (C=O) groups excluding carboxylic acids is 1. The van der Waals surface area contributed by atoms with Crippen LogP contribution in [0.25, 0.3) is 0 Å². The lowest BCUT2D eigenvalue weighted by atomic mass is 10.1. The van der Waals surface area contributed by atoms with Crippen LogP contribution in [-0.4, -0.2) is 59.1 Å². The summed E-state index contributed by atoms with van der Waals surface area (Å²) >= 11 is 6.07. The van der Waals surface area contributed by atoms with E-state index >= 15 is 0 Å². The van der Waals surface area contributed by atoms with Crippen LogP contribution in [0.3, 0.4) is 0 Å². The number of anilines is 1. The van der Waals surface area contributed by atoms with E-state index in [1.165, 1.54) is 7.11 Å². The molecule has 0 saturated carbocycles. The molecule has 8 nitrogen and oxygen atoms in total. The highest BCUT2D eigenvalue weighted by Gasteiger charge is 2.25. The van der Waals surface area contributed by atoms with Crippen molar-refractivity contribution in [2.45, 2.75) is 19.9 Å². The number of ether oxygens (including phenoxy) is 1. The molecule has 0 atom stereocenters. The quantitative estimate of drug-likeness (QED) is 0.791. The highest BCUT2D eigenvalue weighted by atomic mass is 35.5. The lowest BCUT2D eigenvalue weighted by Gasteiger charge is -2.34. The number of benzene rings is 1. The van der Waals surface area contributed by atoms with E-state index in [0.29, 0.717) is 53.4 Å². The standard InChI is InChI=1S/C17H22ClN5O3/c1-3-16-20-15(21-26-16)10-22-4-6-23(7-5-22)17(24)11-8-12(18)13(19)9-14(11)25-2/h8-9H,3-7,10,19H2,1-2H3. The molecular weight excluding hydrogens is 358 g/mol. The van der Waals surface area contributed by atoms with Crippen molar-refractivity contribution in [3.8, 4) is 5.75 Å². The van der Waals surface area contributed by atoms with E-state index in [4.69, 9.17) is 26.6 Å². The summed E-state index contributed by atoms with van der Waals surface area (Å²) in [5.74, 6) is 1.63. The Hall–Kier alpha value is -2.32. The second-order valence-corrected chi connectivity index (χ2v) is 6.51. The van der Waals surface area contributed by atoms with Gasteiger partial charge in [0.15, 0.2) is 5.82 Å². The Morgan fingerprint density at radius 2 is 2.08 bits per heavy atom. The van der Waals surface area contributed by atoms with E-state index in [0.717, 1.165) is 19.5 Å². The summed E-state index contributed by atoms with van der Waals surface area (Å²) < 4.78 is 10.4. The van der Waals surface area contributed by atoms with Gasteiger partial charge in [-0.05, 0) is 6.07 Å². The Labute approximate surface area is 156 Å². The van der Waals surface area contributed by atoms with Crippen LogP contribution < -0.4 is 10.5 Å². The molecule has 1 fully saturated rings. The van der Waals surface area contributed by atoms with Gasteiger partial charge in [0, 0.05) is 38.7 Å². The van der Waals surface area contributed by atoms with Gasteiger partial charge >= 0.3 is 0 Å². The number of halogens is 1. The summed E-state index contributed by atoms with van der Waals surface area (Å²) in [5.41, 5.74) is 6.59. The minimum absolute atomic E-state index is 0.115. The molecule has 0 spiro atoms. The van der Waals surface area contributed by atoms with Crippen LogP contribution in [0.4, 0.5) is 5.69 Å². The van der Waals surface area contributed by atoms with Crippen molar-refractivity contribution in [3.05, 3.63) is 34.4 Å². The number of methoxy groups -OCH3 is 1. The van der Waals surface area contributed by atoms with Crippen molar-refractivity contribution in [2.24, 2.45) is 0 Å². The van der Waals surface area contributed by atoms with Crippen LogP contribution in [0.5, 0.6) is 5.75 Å². The first-order chi connectivity index (χ1) is 12.5. The van der Waals surface area contributed by atoms with Gasteiger partial charge in [0.05, 0.1) is 29.9 Å². The first-order valence-corrected chi connectivity index (χ1v) is 8.85. The van der Waals surface area contributed by atoms with Gasteiger partial charge < -0.3 is 19.9 Å². The van der Waals surface area contributed by atoms with Gasteiger partial charge in [-0.15, -0.1) is 0 Å². The molecule has 0 aliphatic carbocycles. The van der Waals surface area contributed by atoms with Crippen LogP contribution in [0.15, 0.2) is 16.7 Å². The van der Waals surface area contributed by atoms with E-state index in [1.807, 2.05) is 6.92 Å². The number of rotatable bonds is 5. The summed E-state index contributed by atoms with van der Waals surface area (Å²) in [6, 6.07) is 3.14. The van der Waals surface area contributed by atoms with Gasteiger partial charge in [-0.25, -0.2) is 0 Å². The van der Waals surface area contributed by atoms with Crippen molar-refractivity contribution in [3.63, 3.8) is 0 Å². The van der Waals surface area contributed by atoms with Crippen molar-refractivity contribution in [1.29, 1.82) is 0 Å². The number of hydrogen-bond donors (Lipinski definition) is 1. The first kappa shape index (κ1) is 18.5. The molecule has 1 saturated heterocycles. The molecule has 1 amide bonds. The second kappa shape index (κ2) is 7.92. The number of carbonyl (C=O) groups is 1. The van der Waals surface area contributed by atoms with Gasteiger partial charge in [-0.2, -0.15) is 4.98 Å². The van der Waals surface area contributed by atoms with E-state index in [1.54, 1.807) is 17.0 Å². The highest BCUT2D eigenvalue weighted by Crippen LogP contribution is 2.30. The maximum absolute atomic E-state index is 12.8. The van der Waals surface area contributed by atoms with Crippen molar-refractivity contribution >= 4 is 23.2 Å². The van der Waals surface area contributed by atoms with Crippen molar-refractivity contribution in [1.82, 2.24) is 19.9 Å². The number of amides is 1. The Morgan fingerprint density at radius 1 is 1.35 bits per heavy atom. The molecule has 1 aliphatic heterocycles. The Balaban J connectivity index is 1.62. The summed E-state index contributed by atoms with van der Waals surface area (Å²) in [6.45, 7) is 5.24. The van der Waals surface area contributed by atoms with E-state index in [-0.39, 0.29) is 5.91 Å². The monoisotopic (exact) mass is 379 g/mol. The molecule has 1 aromatic heterocycles. The summed E-state index contributed by atoms with van der Waals surface area (Å²) in [4.78, 5) is 21.1. The molecule has 2 N–H and O–H groups in total. The van der Waals surface area contributed by atoms with Crippen LogP contribution in [0.2, 0.25) is 5.02 Å². The van der Waals surface area contributed by atoms with E-state index in [9.17, 15) is 4.79 Å². The average molecular weight is 380 g/mol. The zero-order valence-corrected chi connectivity index (χ0v) is 15.6. The average Bonchev–Trinajstić information content (AvgIpc) is 3.11. The van der Waals surface area contributed by atoms with Crippen LogP contribution >= 0.6 is 11.6 Å². The van der Waals surface area contributed by atoms with Gasteiger partial charge in [0.25, 0.3) is 5.91 Å². The maximum atomic E-state index is 12.8. The van der Waals surface area contributed by atoms with E-state index < -0.39 is 0 Å². The first-order valence-electron chi connectivity index (χ1n) is 8.48. The smallest absolute Gasteiger partial charge is 0.257 e. The number of aryl methyl sites for hydroxylation is 1. The molecule has 9 heteroatoms. The summed E-state index contributed by atoms with van der Waals surface area (Å²) in [6.07, 6.45) is 0.723. The molecule has 140 valence electrons. The van der Waals surface area contributed by atoms with Gasteiger partial charge in [-0.1, -0.05) is 23.7 Å². The van der Waals surface area contributed by atoms with Gasteiger partial charge in [-0.3, -0.25) is 9.69 Å². The minimum atomic E-state index is -0.115. The third kappa shape index (κ3) is 3.91. The third-order valence-electron chi connectivity index (χ3n) is 4.39. The fourth-order valence-electron chi connectivity index (χ4n) is 2.88. The molecular formula is C17H22ClN5O3. The number of aromatic nitrogens is 2. The second-order valence-electron chi connectivity index (χ2n) is 6.10. The lowest BCUT2D eigenvalue weighted by Crippen LogP contribution is -2.48. The van der Waals surface area contributed by atoms with Crippen LogP contribution in [-0.2, 0) is 13.0 Å². The molecule has 0 unspecified atom stereocenters. The number of nitrogen functional groups attached to an aromatic ring is 1. The third-order valence-corrected chi connectivity index (χ3v) is 4.71. The van der Waals surface area contributed by atoms with Gasteiger partial charge in [0.1, 0.15) is 5.75 Å². The van der Waals surface area contributed by atoms with Crippen LogP contribution in [0.1, 0.15) is 29.0 Å². The molecule has 0 radical (unpaired) electrons. The molecule has 2 aromatic rings. The molecule has 2 heterocycles. The summed E-state index contributed by atoms with van der Waals surface area (Å²) in [7, 11) is 1.51. The van der Waals surface area contributed by atoms with Crippen LogP contribution in [0, 0.1) is 0 Å². The van der Waals surface area contributed by atoms with Crippen molar-refractivity contribution in [2.75, 3.05) is 39.0 Å². The predicted molar refractivity (Wildman–Crippen MR) is 97.3 cm³/mol. The fourth-order valence-corrected chi connectivity index (χ4v) is 3.05. The maximum Gasteiger partial charge on any atom is 0.257 e. The highest BCUT2D eigenvalue weighted by molar-refractivity contribution is 6.33. The zero-order valence-electron chi connectivity index (χ0n) is 14.9. The Kier molecular flexibility index (Phi) is 5.63. The Bertz CT molecular complexity index is 787. The molecule has 3 rings (SSSR count). The summed E-state index contributed by atoms with van der Waals surface area (Å²) in [5, 5.41) is 4.32. The zero-order chi connectivity index (χ0) is 18.7. The fraction of sp³-hybridized carbons (Fsp3) is 0.471. The minimum Gasteiger partial charge on any atom is -0.496 e. The van der Waals surface area contributed by atoms with Gasteiger partial charge in [0.2, 0.25) is 5.89 Å². The molecule has 26 heavy (non-hydrogen) atoms. The molecule has 1 aliphatic rings.